The zero-order valence-electron chi connectivity index (χ0n) is 22.4. The van der Waals surface area contributed by atoms with E-state index in [4.69, 9.17) is 5.73 Å². The molecule has 0 spiro atoms. The Morgan fingerprint density at radius 2 is 1.54 bits per heavy atom. The second kappa shape index (κ2) is 12.6. The van der Waals surface area contributed by atoms with Crippen LogP contribution in [0.15, 0.2) is 66.7 Å². The lowest BCUT2D eigenvalue weighted by Crippen LogP contribution is -2.57. The number of rotatable bonds is 10. The molecule has 3 aromatic carbocycles. The van der Waals surface area contributed by atoms with Crippen LogP contribution in [0.2, 0.25) is 0 Å². The minimum atomic E-state index is -1.20. The highest BCUT2D eigenvalue weighted by Crippen LogP contribution is 2.21. The number of amides is 4. The SMILES string of the molecule is CC(=O)NC(Cc1ccc2ccccc2c1)C(=O)NC(Cc1ccc(C(=O)O)cc1)C(=O)N1C[C@@H](O)C[C@H]1C(N)=O. The van der Waals surface area contributed by atoms with Gasteiger partial charge in [0.25, 0.3) is 0 Å². The Labute approximate surface area is 236 Å². The zero-order valence-corrected chi connectivity index (χ0v) is 22.4. The number of hydrogen-bond donors (Lipinski definition) is 5. The minimum Gasteiger partial charge on any atom is -0.478 e. The number of aliphatic hydroxyl groups excluding tert-OH is 1. The number of carbonyl (C=O) groups is 5. The van der Waals surface area contributed by atoms with Crippen LogP contribution in [0.4, 0.5) is 0 Å². The van der Waals surface area contributed by atoms with Crippen LogP contribution >= 0.6 is 0 Å². The van der Waals surface area contributed by atoms with E-state index in [1.54, 1.807) is 0 Å². The second-order valence-electron chi connectivity index (χ2n) is 10.2. The van der Waals surface area contributed by atoms with E-state index in [1.165, 1.54) is 31.2 Å². The van der Waals surface area contributed by atoms with Gasteiger partial charge in [-0.2, -0.15) is 0 Å². The molecule has 214 valence electrons. The average molecular weight is 561 g/mol. The summed E-state index contributed by atoms with van der Waals surface area (Å²) in [7, 11) is 0. The molecule has 11 heteroatoms. The summed E-state index contributed by atoms with van der Waals surface area (Å²) < 4.78 is 0. The molecule has 6 N–H and O–H groups in total. The number of likely N-dealkylation sites (tertiary alicyclic amines) is 1. The fourth-order valence-electron chi connectivity index (χ4n) is 5.07. The highest BCUT2D eigenvalue weighted by molar-refractivity contribution is 5.95. The minimum absolute atomic E-state index is 0.0223. The first kappa shape index (κ1) is 29.2. The van der Waals surface area contributed by atoms with Crippen molar-refractivity contribution in [2.24, 2.45) is 5.73 Å². The summed E-state index contributed by atoms with van der Waals surface area (Å²) >= 11 is 0. The van der Waals surface area contributed by atoms with E-state index >= 15 is 0 Å². The molecule has 0 aliphatic carbocycles. The highest BCUT2D eigenvalue weighted by Gasteiger charge is 2.41. The first-order valence-electron chi connectivity index (χ1n) is 13.2. The van der Waals surface area contributed by atoms with Crippen molar-refractivity contribution >= 4 is 40.4 Å². The third kappa shape index (κ3) is 7.25. The Hall–Kier alpha value is -4.77. The van der Waals surface area contributed by atoms with Crippen molar-refractivity contribution < 1.29 is 34.2 Å². The number of hydrogen-bond acceptors (Lipinski definition) is 6. The summed E-state index contributed by atoms with van der Waals surface area (Å²) in [6.45, 7) is 1.15. The zero-order chi connectivity index (χ0) is 29.7. The lowest BCUT2D eigenvalue weighted by atomic mass is 9.99. The maximum atomic E-state index is 13.7. The molecule has 0 radical (unpaired) electrons. The summed E-state index contributed by atoms with van der Waals surface area (Å²) in [5.41, 5.74) is 6.88. The van der Waals surface area contributed by atoms with Crippen molar-refractivity contribution in [3.8, 4) is 0 Å². The van der Waals surface area contributed by atoms with Crippen LogP contribution in [-0.4, -0.2) is 75.5 Å². The molecule has 0 saturated carbocycles. The van der Waals surface area contributed by atoms with E-state index in [0.29, 0.717) is 5.56 Å². The molecule has 0 bridgehead atoms. The molecule has 41 heavy (non-hydrogen) atoms. The van der Waals surface area contributed by atoms with Crippen molar-refractivity contribution in [3.63, 3.8) is 0 Å². The summed E-state index contributed by atoms with van der Waals surface area (Å²) in [6, 6.07) is 16.0. The van der Waals surface area contributed by atoms with Crippen molar-refractivity contribution in [2.45, 2.75) is 50.4 Å². The molecule has 1 fully saturated rings. The highest BCUT2D eigenvalue weighted by atomic mass is 16.4. The Morgan fingerprint density at radius 1 is 0.902 bits per heavy atom. The molecule has 1 saturated heterocycles. The van der Waals surface area contributed by atoms with Gasteiger partial charge in [0, 0.05) is 32.7 Å². The lowest BCUT2D eigenvalue weighted by Gasteiger charge is -2.29. The number of carboxylic acid groups (broad SMARTS) is 1. The summed E-state index contributed by atoms with van der Waals surface area (Å²) in [4.78, 5) is 63.7. The molecular weight excluding hydrogens is 528 g/mol. The molecule has 1 heterocycles. The fraction of sp³-hybridized carbons (Fsp3) is 0.300. The van der Waals surface area contributed by atoms with Gasteiger partial charge in [-0.05, 0) is 34.0 Å². The maximum absolute atomic E-state index is 13.7. The molecule has 3 aromatic rings. The molecule has 1 aliphatic rings. The number of nitrogens with two attached hydrogens (primary N) is 1. The average Bonchev–Trinajstić information content (AvgIpc) is 3.34. The van der Waals surface area contributed by atoms with Gasteiger partial charge in [0.05, 0.1) is 11.7 Å². The second-order valence-corrected chi connectivity index (χ2v) is 10.2. The number of nitrogens with zero attached hydrogens (tertiary/aromatic N) is 1. The van der Waals surface area contributed by atoms with Gasteiger partial charge >= 0.3 is 5.97 Å². The predicted octanol–water partition coefficient (Wildman–Crippen LogP) is 0.760. The quantitative estimate of drug-likeness (QED) is 0.243. The normalized spacial score (nSPS) is 18.0. The standard InChI is InChI=1S/C30H32N4O7/c1-17(35)32-24(14-19-8-9-20-4-2-3-5-22(20)12-19)28(38)33-25(13-18-6-10-21(11-7-18)30(40)41)29(39)34-16-23(36)15-26(34)27(31)37/h2-12,23-26,36H,13-16H2,1H3,(H2,31,37)(H,32,35)(H,33,38)(H,40,41)/t23-,24?,25?,26-/m0/s1. The van der Waals surface area contributed by atoms with E-state index in [0.717, 1.165) is 21.2 Å². The molecule has 1 aliphatic heterocycles. The topological polar surface area (TPSA) is 179 Å². The van der Waals surface area contributed by atoms with Crippen molar-refractivity contribution in [3.05, 3.63) is 83.4 Å². The van der Waals surface area contributed by atoms with Gasteiger partial charge in [0.1, 0.15) is 18.1 Å². The Kier molecular flexibility index (Phi) is 8.98. The van der Waals surface area contributed by atoms with Gasteiger partial charge in [-0.25, -0.2) is 4.79 Å². The Balaban J connectivity index is 1.60. The fourth-order valence-corrected chi connectivity index (χ4v) is 5.07. The van der Waals surface area contributed by atoms with E-state index in [1.807, 2.05) is 42.5 Å². The molecule has 2 unspecified atom stereocenters. The van der Waals surface area contributed by atoms with Crippen LogP contribution in [0, 0.1) is 0 Å². The number of carboxylic acids is 1. The number of benzene rings is 3. The molecular formula is C30H32N4O7. The van der Waals surface area contributed by atoms with Gasteiger partial charge in [-0.3, -0.25) is 19.2 Å². The Morgan fingerprint density at radius 3 is 2.17 bits per heavy atom. The van der Waals surface area contributed by atoms with Gasteiger partial charge < -0.3 is 31.5 Å². The van der Waals surface area contributed by atoms with Crippen LogP contribution in [-0.2, 0) is 32.0 Å². The van der Waals surface area contributed by atoms with Gasteiger partial charge in [0.2, 0.25) is 23.6 Å². The predicted molar refractivity (Wildman–Crippen MR) is 150 cm³/mol. The first-order valence-corrected chi connectivity index (χ1v) is 13.2. The van der Waals surface area contributed by atoms with Crippen LogP contribution in [0.1, 0.15) is 34.8 Å². The number of carbonyl (C=O) groups excluding carboxylic acids is 4. The van der Waals surface area contributed by atoms with Crippen molar-refractivity contribution in [2.75, 3.05) is 6.54 Å². The van der Waals surface area contributed by atoms with Crippen LogP contribution in [0.25, 0.3) is 10.8 Å². The number of primary amides is 1. The Bertz CT molecular complexity index is 1470. The number of β-amino-alcohol motifs (C(OH)–C–C–N with tert-alkyl or cyclic N) is 1. The monoisotopic (exact) mass is 560 g/mol. The number of nitrogens with one attached hydrogen (secondary N) is 2. The van der Waals surface area contributed by atoms with Gasteiger partial charge in [-0.15, -0.1) is 0 Å². The number of fused-ring (bicyclic) bond motifs is 1. The maximum Gasteiger partial charge on any atom is 0.335 e. The molecule has 0 aromatic heterocycles. The van der Waals surface area contributed by atoms with E-state index in [-0.39, 0.29) is 31.4 Å². The van der Waals surface area contributed by atoms with Crippen molar-refractivity contribution in [1.29, 1.82) is 0 Å². The third-order valence-electron chi connectivity index (χ3n) is 7.09. The van der Waals surface area contributed by atoms with Crippen LogP contribution in [0.3, 0.4) is 0 Å². The van der Waals surface area contributed by atoms with Gasteiger partial charge in [0.15, 0.2) is 0 Å². The molecule has 4 amide bonds. The molecule has 4 atom stereocenters. The lowest BCUT2D eigenvalue weighted by molar-refractivity contribution is -0.141. The number of aliphatic hydroxyl groups is 1. The first-order chi connectivity index (χ1) is 19.5. The van der Waals surface area contributed by atoms with E-state index < -0.39 is 53.8 Å². The molecule has 4 rings (SSSR count). The van der Waals surface area contributed by atoms with Crippen LogP contribution in [0.5, 0.6) is 0 Å². The van der Waals surface area contributed by atoms with E-state index in [9.17, 15) is 34.2 Å². The van der Waals surface area contributed by atoms with E-state index in [2.05, 4.69) is 10.6 Å². The summed E-state index contributed by atoms with van der Waals surface area (Å²) in [6.07, 6.45) is -0.865. The smallest absolute Gasteiger partial charge is 0.335 e. The summed E-state index contributed by atoms with van der Waals surface area (Å²) in [5.74, 6) is -3.58. The van der Waals surface area contributed by atoms with Gasteiger partial charge in [-0.1, -0.05) is 54.6 Å². The number of aromatic carboxylic acids is 1. The van der Waals surface area contributed by atoms with Crippen LogP contribution < -0.4 is 16.4 Å². The molecule has 11 nitrogen and oxygen atoms in total. The van der Waals surface area contributed by atoms with Crippen molar-refractivity contribution in [1.82, 2.24) is 15.5 Å². The third-order valence-corrected chi connectivity index (χ3v) is 7.09. The largest absolute Gasteiger partial charge is 0.478 e. The summed E-state index contributed by atoms with van der Waals surface area (Å²) in [5, 5.41) is 26.7.